The molecule has 1 heterocycles. The van der Waals surface area contributed by atoms with Crippen LogP contribution in [0.15, 0.2) is 6.20 Å². The van der Waals surface area contributed by atoms with Crippen molar-refractivity contribution in [2.24, 2.45) is 0 Å². The van der Waals surface area contributed by atoms with Crippen LogP contribution in [0.2, 0.25) is 0 Å². The highest BCUT2D eigenvalue weighted by Crippen LogP contribution is 2.33. The van der Waals surface area contributed by atoms with E-state index in [1.165, 1.54) is 14.0 Å². The molecule has 0 bridgehead atoms. The molecule has 0 aliphatic carbocycles. The lowest BCUT2D eigenvalue weighted by Gasteiger charge is -2.16. The van der Waals surface area contributed by atoms with Crippen LogP contribution in [0.1, 0.15) is 22.8 Å². The SMILES string of the molecule is CCOC(=O)c1c(OC(F)(F)F)cnc(OC)c1CCl. The highest BCUT2D eigenvalue weighted by molar-refractivity contribution is 6.18. The second kappa shape index (κ2) is 6.65. The van der Waals surface area contributed by atoms with Crippen LogP contribution in [0, 0.1) is 0 Å². The standard InChI is InChI=1S/C11H11ClF3NO4/c1-3-19-10(17)8-6(4-12)9(18-2)16-5-7(8)20-11(13,14)15/h5H,3-4H2,1-2H3. The number of ether oxygens (including phenoxy) is 3. The molecule has 0 atom stereocenters. The van der Waals surface area contributed by atoms with Crippen molar-refractivity contribution in [1.82, 2.24) is 4.98 Å². The Balaban J connectivity index is 3.39. The second-order valence-corrected chi connectivity index (χ2v) is 3.65. The Morgan fingerprint density at radius 3 is 2.55 bits per heavy atom. The minimum Gasteiger partial charge on any atom is -0.481 e. The number of pyridine rings is 1. The molecule has 0 radical (unpaired) electrons. The molecule has 0 saturated heterocycles. The molecule has 0 saturated carbocycles. The van der Waals surface area contributed by atoms with Crippen LogP contribution in [0.25, 0.3) is 0 Å². The monoisotopic (exact) mass is 313 g/mol. The first-order valence-electron chi connectivity index (χ1n) is 5.38. The Morgan fingerprint density at radius 1 is 1.45 bits per heavy atom. The summed E-state index contributed by atoms with van der Waals surface area (Å²) in [6, 6.07) is 0. The maximum absolute atomic E-state index is 12.3. The Hall–Kier alpha value is -1.70. The summed E-state index contributed by atoms with van der Waals surface area (Å²) in [6.45, 7) is 1.50. The van der Waals surface area contributed by atoms with Crippen molar-refractivity contribution in [3.8, 4) is 11.6 Å². The quantitative estimate of drug-likeness (QED) is 0.618. The Bertz CT molecular complexity index is 493. The first kappa shape index (κ1) is 16.4. The third kappa shape index (κ3) is 3.89. The van der Waals surface area contributed by atoms with Gasteiger partial charge in [0.15, 0.2) is 5.75 Å². The molecule has 20 heavy (non-hydrogen) atoms. The third-order valence-corrected chi connectivity index (χ3v) is 2.40. The molecule has 0 aromatic carbocycles. The van der Waals surface area contributed by atoms with E-state index < -0.39 is 23.6 Å². The summed E-state index contributed by atoms with van der Waals surface area (Å²) in [5, 5.41) is 0. The van der Waals surface area contributed by atoms with E-state index in [0.29, 0.717) is 0 Å². The number of carbonyl (C=O) groups excluding carboxylic acids is 1. The first-order valence-corrected chi connectivity index (χ1v) is 5.92. The van der Waals surface area contributed by atoms with Gasteiger partial charge in [-0.15, -0.1) is 24.8 Å². The van der Waals surface area contributed by atoms with Gasteiger partial charge in [0.1, 0.15) is 5.56 Å². The van der Waals surface area contributed by atoms with Gasteiger partial charge in [0.2, 0.25) is 5.88 Å². The molecule has 1 aromatic heterocycles. The number of hydrogen-bond acceptors (Lipinski definition) is 5. The van der Waals surface area contributed by atoms with Gasteiger partial charge in [0, 0.05) is 5.56 Å². The molecular weight excluding hydrogens is 303 g/mol. The lowest BCUT2D eigenvalue weighted by molar-refractivity contribution is -0.274. The Labute approximate surface area is 117 Å². The molecule has 0 N–H and O–H groups in total. The van der Waals surface area contributed by atoms with Gasteiger partial charge >= 0.3 is 12.3 Å². The number of nitrogens with zero attached hydrogens (tertiary/aromatic N) is 1. The maximum atomic E-state index is 12.3. The Morgan fingerprint density at radius 2 is 2.10 bits per heavy atom. The van der Waals surface area contributed by atoms with Crippen LogP contribution in [0.4, 0.5) is 13.2 Å². The highest BCUT2D eigenvalue weighted by Gasteiger charge is 2.35. The van der Waals surface area contributed by atoms with E-state index in [-0.39, 0.29) is 23.9 Å². The fourth-order valence-corrected chi connectivity index (χ4v) is 1.69. The second-order valence-electron chi connectivity index (χ2n) is 3.39. The minimum absolute atomic E-state index is 0.0172. The van der Waals surface area contributed by atoms with E-state index in [1.807, 2.05) is 0 Å². The molecule has 112 valence electrons. The van der Waals surface area contributed by atoms with E-state index in [2.05, 4.69) is 9.72 Å². The average molecular weight is 314 g/mol. The van der Waals surface area contributed by atoms with Crippen molar-refractivity contribution in [2.75, 3.05) is 13.7 Å². The summed E-state index contributed by atoms with van der Waals surface area (Å²) in [5.74, 6) is -2.15. The predicted octanol–water partition coefficient (Wildman–Crippen LogP) is 2.90. The normalized spacial score (nSPS) is 11.1. The zero-order chi connectivity index (χ0) is 15.3. The van der Waals surface area contributed by atoms with Gasteiger partial charge in [-0.1, -0.05) is 0 Å². The summed E-state index contributed by atoms with van der Waals surface area (Å²) in [7, 11) is 1.25. The topological polar surface area (TPSA) is 57.7 Å². The van der Waals surface area contributed by atoms with E-state index in [4.69, 9.17) is 21.1 Å². The first-order chi connectivity index (χ1) is 9.34. The molecule has 9 heteroatoms. The van der Waals surface area contributed by atoms with Crippen molar-refractivity contribution in [1.29, 1.82) is 0 Å². The van der Waals surface area contributed by atoms with Crippen molar-refractivity contribution >= 4 is 17.6 Å². The van der Waals surface area contributed by atoms with Crippen LogP contribution in [0.5, 0.6) is 11.6 Å². The number of esters is 1. The van der Waals surface area contributed by atoms with Gasteiger partial charge in [0.05, 0.1) is 25.8 Å². The smallest absolute Gasteiger partial charge is 0.481 e. The molecule has 0 fully saturated rings. The van der Waals surface area contributed by atoms with E-state index >= 15 is 0 Å². The number of aromatic nitrogens is 1. The largest absolute Gasteiger partial charge is 0.573 e. The fraction of sp³-hybridized carbons (Fsp3) is 0.455. The van der Waals surface area contributed by atoms with E-state index in [9.17, 15) is 18.0 Å². The molecule has 0 amide bonds. The lowest BCUT2D eigenvalue weighted by atomic mass is 10.1. The van der Waals surface area contributed by atoms with Crippen LogP contribution < -0.4 is 9.47 Å². The van der Waals surface area contributed by atoms with E-state index in [1.54, 1.807) is 0 Å². The van der Waals surface area contributed by atoms with Crippen LogP contribution in [-0.2, 0) is 10.6 Å². The number of halogens is 4. The molecule has 0 spiro atoms. The van der Waals surface area contributed by atoms with Gasteiger partial charge in [-0.3, -0.25) is 0 Å². The highest BCUT2D eigenvalue weighted by atomic mass is 35.5. The van der Waals surface area contributed by atoms with Gasteiger partial charge < -0.3 is 14.2 Å². The summed E-state index contributed by atoms with van der Waals surface area (Å²) >= 11 is 5.64. The molecule has 1 rings (SSSR count). The number of hydrogen-bond donors (Lipinski definition) is 0. The van der Waals surface area contributed by atoms with Crippen molar-refractivity contribution in [3.05, 3.63) is 17.3 Å². The fourth-order valence-electron chi connectivity index (χ4n) is 1.44. The molecule has 0 unspecified atom stereocenters. The van der Waals surface area contributed by atoms with Crippen LogP contribution >= 0.6 is 11.6 Å². The molecule has 0 aliphatic rings. The molecule has 1 aromatic rings. The van der Waals surface area contributed by atoms with Crippen molar-refractivity contribution in [2.45, 2.75) is 19.2 Å². The number of methoxy groups -OCH3 is 1. The van der Waals surface area contributed by atoms with Gasteiger partial charge in [-0.05, 0) is 6.92 Å². The van der Waals surface area contributed by atoms with Gasteiger partial charge in [-0.25, -0.2) is 9.78 Å². The maximum Gasteiger partial charge on any atom is 0.573 e. The predicted molar refractivity (Wildman–Crippen MR) is 63.0 cm³/mol. The summed E-state index contributed by atoms with van der Waals surface area (Å²) in [5.41, 5.74) is -0.486. The number of carbonyl (C=O) groups is 1. The third-order valence-electron chi connectivity index (χ3n) is 2.14. The Kier molecular flexibility index (Phi) is 5.43. The lowest BCUT2D eigenvalue weighted by Crippen LogP contribution is -2.21. The molecule has 5 nitrogen and oxygen atoms in total. The van der Waals surface area contributed by atoms with Crippen molar-refractivity contribution in [3.63, 3.8) is 0 Å². The molecule has 0 aliphatic heterocycles. The zero-order valence-corrected chi connectivity index (χ0v) is 11.3. The van der Waals surface area contributed by atoms with E-state index in [0.717, 1.165) is 6.20 Å². The molecular formula is C11H11ClF3NO4. The van der Waals surface area contributed by atoms with Crippen LogP contribution in [0.3, 0.4) is 0 Å². The minimum atomic E-state index is -4.97. The number of rotatable bonds is 5. The summed E-state index contributed by atoms with van der Waals surface area (Å²) < 4.78 is 50.3. The zero-order valence-electron chi connectivity index (χ0n) is 10.6. The van der Waals surface area contributed by atoms with Crippen molar-refractivity contribution < 1.29 is 32.2 Å². The van der Waals surface area contributed by atoms with Gasteiger partial charge in [-0.2, -0.15) is 0 Å². The number of alkyl halides is 4. The summed E-state index contributed by atoms with van der Waals surface area (Å²) in [4.78, 5) is 15.4. The van der Waals surface area contributed by atoms with Crippen LogP contribution in [-0.4, -0.2) is 31.0 Å². The van der Waals surface area contributed by atoms with Gasteiger partial charge in [0.25, 0.3) is 0 Å². The summed E-state index contributed by atoms with van der Waals surface area (Å²) in [6.07, 6.45) is -4.24. The average Bonchev–Trinajstić information content (AvgIpc) is 2.36.